The number of methoxy groups -OCH3 is 1. The Kier molecular flexibility index (Phi) is 6.43. The monoisotopic (exact) mass is 499 g/mol. The molecule has 4 aromatic rings. The molecule has 0 aliphatic heterocycles. The third-order valence-corrected chi connectivity index (χ3v) is 8.40. The number of ether oxygens (including phenoxy) is 1. The third-order valence-electron chi connectivity index (χ3n) is 5.36. The maximum Gasteiger partial charge on any atom is 0.256 e. The van der Waals surface area contributed by atoms with Gasteiger partial charge in [0.2, 0.25) is 15.2 Å². The molecule has 2 heterocycles. The van der Waals surface area contributed by atoms with Crippen molar-refractivity contribution < 1.29 is 17.9 Å². The summed E-state index contributed by atoms with van der Waals surface area (Å²) in [5, 5.41) is 7.94. The van der Waals surface area contributed by atoms with Crippen LogP contribution in [0.4, 0.5) is 5.82 Å². The molecule has 0 bridgehead atoms. The standard InChI is InChI=1S/C23H25N5O4S2/c1-14(2)27(4)34(30,31)18-9-6-16(7-10-18)22(29)25-21-12-15(3)26-28(21)23-24-19-11-8-17(32-5)13-20(19)33-23/h6-14H,1-5H3,(H,25,29). The normalized spacial score (nSPS) is 12.0. The van der Waals surface area contributed by atoms with Crippen LogP contribution in [0.15, 0.2) is 53.4 Å². The lowest BCUT2D eigenvalue weighted by atomic mass is 10.2. The molecule has 0 aliphatic carbocycles. The van der Waals surface area contributed by atoms with Gasteiger partial charge in [-0.2, -0.15) is 14.1 Å². The van der Waals surface area contributed by atoms with E-state index in [1.54, 1.807) is 31.7 Å². The zero-order valence-electron chi connectivity index (χ0n) is 19.4. The van der Waals surface area contributed by atoms with Crippen LogP contribution in [0.1, 0.15) is 29.9 Å². The molecule has 2 aromatic carbocycles. The van der Waals surface area contributed by atoms with Gasteiger partial charge in [0.1, 0.15) is 11.6 Å². The second-order valence-electron chi connectivity index (χ2n) is 8.01. The molecule has 2 aromatic heterocycles. The van der Waals surface area contributed by atoms with Gasteiger partial charge >= 0.3 is 0 Å². The fraction of sp³-hybridized carbons (Fsp3) is 0.261. The van der Waals surface area contributed by atoms with Crippen molar-refractivity contribution in [3.8, 4) is 10.9 Å². The van der Waals surface area contributed by atoms with Crippen molar-refractivity contribution in [3.05, 3.63) is 59.8 Å². The van der Waals surface area contributed by atoms with Crippen LogP contribution in [0.25, 0.3) is 15.3 Å². The van der Waals surface area contributed by atoms with Crippen LogP contribution in [0, 0.1) is 6.92 Å². The number of nitrogens with one attached hydrogen (secondary N) is 1. The quantitative estimate of drug-likeness (QED) is 0.411. The van der Waals surface area contributed by atoms with Crippen molar-refractivity contribution in [1.82, 2.24) is 19.1 Å². The number of anilines is 1. The smallest absolute Gasteiger partial charge is 0.256 e. The van der Waals surface area contributed by atoms with E-state index in [0.29, 0.717) is 22.2 Å². The first-order chi connectivity index (χ1) is 16.1. The van der Waals surface area contributed by atoms with E-state index in [2.05, 4.69) is 15.4 Å². The van der Waals surface area contributed by atoms with Crippen molar-refractivity contribution in [2.75, 3.05) is 19.5 Å². The van der Waals surface area contributed by atoms with E-state index in [0.717, 1.165) is 16.0 Å². The zero-order chi connectivity index (χ0) is 24.6. The summed E-state index contributed by atoms with van der Waals surface area (Å²) in [5.74, 6) is 0.813. The molecular weight excluding hydrogens is 474 g/mol. The molecule has 1 N–H and O–H groups in total. The number of nitrogens with zero attached hydrogens (tertiary/aromatic N) is 4. The first-order valence-electron chi connectivity index (χ1n) is 10.5. The number of benzene rings is 2. The van der Waals surface area contributed by atoms with Crippen LogP contribution in [0.5, 0.6) is 5.75 Å². The molecule has 0 unspecified atom stereocenters. The van der Waals surface area contributed by atoms with Gasteiger partial charge in [-0.05, 0) is 63.2 Å². The lowest BCUT2D eigenvalue weighted by molar-refractivity contribution is 0.102. The Labute approximate surface area is 202 Å². The van der Waals surface area contributed by atoms with E-state index >= 15 is 0 Å². The van der Waals surface area contributed by atoms with Gasteiger partial charge in [0, 0.05) is 24.7 Å². The first kappa shape index (κ1) is 23.9. The summed E-state index contributed by atoms with van der Waals surface area (Å²) in [6.45, 7) is 5.42. The first-order valence-corrected chi connectivity index (χ1v) is 12.8. The van der Waals surface area contributed by atoms with Gasteiger partial charge in [-0.3, -0.25) is 4.79 Å². The molecule has 1 amide bonds. The molecule has 0 saturated heterocycles. The van der Waals surface area contributed by atoms with E-state index in [-0.39, 0.29) is 16.8 Å². The number of rotatable bonds is 7. The number of sulfonamides is 1. The Morgan fingerprint density at radius 1 is 1.15 bits per heavy atom. The highest BCUT2D eigenvalue weighted by molar-refractivity contribution is 7.89. The number of carbonyl (C=O) groups excluding carboxylic acids is 1. The maximum absolute atomic E-state index is 12.9. The van der Waals surface area contributed by atoms with Crippen molar-refractivity contribution in [2.45, 2.75) is 31.7 Å². The lowest BCUT2D eigenvalue weighted by Crippen LogP contribution is -2.33. The number of thiazole rings is 1. The fourth-order valence-corrected chi connectivity index (χ4v) is 5.58. The van der Waals surface area contributed by atoms with Crippen LogP contribution < -0.4 is 10.1 Å². The summed E-state index contributed by atoms with van der Waals surface area (Å²) >= 11 is 1.43. The van der Waals surface area contributed by atoms with Crippen molar-refractivity contribution in [2.24, 2.45) is 0 Å². The van der Waals surface area contributed by atoms with E-state index in [1.807, 2.05) is 25.1 Å². The fourth-order valence-electron chi connectivity index (χ4n) is 3.26. The molecule has 4 rings (SSSR count). The molecule has 0 fully saturated rings. The van der Waals surface area contributed by atoms with E-state index < -0.39 is 10.0 Å². The predicted octanol–water partition coefficient (Wildman–Crippen LogP) is 4.08. The Morgan fingerprint density at radius 2 is 1.85 bits per heavy atom. The highest BCUT2D eigenvalue weighted by Gasteiger charge is 2.23. The zero-order valence-corrected chi connectivity index (χ0v) is 21.1. The molecule has 0 saturated carbocycles. The number of aromatic nitrogens is 3. The number of fused-ring (bicyclic) bond motifs is 1. The van der Waals surface area contributed by atoms with Crippen LogP contribution in [0.2, 0.25) is 0 Å². The Balaban J connectivity index is 1.59. The molecule has 0 aliphatic rings. The minimum absolute atomic E-state index is 0.131. The van der Waals surface area contributed by atoms with Gasteiger partial charge in [0.25, 0.3) is 5.91 Å². The number of carbonyl (C=O) groups is 1. The minimum Gasteiger partial charge on any atom is -0.497 e. The number of hydrogen-bond donors (Lipinski definition) is 1. The molecule has 0 atom stereocenters. The van der Waals surface area contributed by atoms with Crippen LogP contribution in [0.3, 0.4) is 0 Å². The van der Waals surface area contributed by atoms with Gasteiger partial charge in [-0.25, -0.2) is 13.4 Å². The lowest BCUT2D eigenvalue weighted by Gasteiger charge is -2.21. The minimum atomic E-state index is -3.63. The molecule has 34 heavy (non-hydrogen) atoms. The molecular formula is C23H25N5O4S2. The topological polar surface area (TPSA) is 106 Å². The Bertz CT molecular complexity index is 1460. The maximum atomic E-state index is 12.9. The van der Waals surface area contributed by atoms with Gasteiger partial charge in [-0.15, -0.1) is 0 Å². The van der Waals surface area contributed by atoms with Gasteiger partial charge < -0.3 is 10.1 Å². The van der Waals surface area contributed by atoms with Crippen LogP contribution in [-0.4, -0.2) is 53.6 Å². The highest BCUT2D eigenvalue weighted by Crippen LogP contribution is 2.30. The Morgan fingerprint density at radius 3 is 2.50 bits per heavy atom. The van der Waals surface area contributed by atoms with E-state index in [9.17, 15) is 13.2 Å². The summed E-state index contributed by atoms with van der Waals surface area (Å²) in [6, 6.07) is 13.0. The second-order valence-corrected chi connectivity index (χ2v) is 11.0. The second kappa shape index (κ2) is 9.16. The highest BCUT2D eigenvalue weighted by atomic mass is 32.2. The van der Waals surface area contributed by atoms with E-state index in [4.69, 9.17) is 4.74 Å². The van der Waals surface area contributed by atoms with Crippen molar-refractivity contribution in [1.29, 1.82) is 0 Å². The average molecular weight is 500 g/mol. The molecule has 0 radical (unpaired) electrons. The molecule has 9 nitrogen and oxygen atoms in total. The summed E-state index contributed by atoms with van der Waals surface area (Å²) in [7, 11) is -0.486. The summed E-state index contributed by atoms with van der Waals surface area (Å²) < 4.78 is 34.4. The summed E-state index contributed by atoms with van der Waals surface area (Å²) in [6.07, 6.45) is 0. The van der Waals surface area contributed by atoms with Crippen LogP contribution >= 0.6 is 11.3 Å². The number of amides is 1. The number of aryl methyl sites for hydroxylation is 1. The summed E-state index contributed by atoms with van der Waals surface area (Å²) in [5.41, 5.74) is 1.84. The molecule has 178 valence electrons. The van der Waals surface area contributed by atoms with Gasteiger partial charge in [0.15, 0.2) is 0 Å². The largest absolute Gasteiger partial charge is 0.497 e. The Hall–Kier alpha value is -3.28. The average Bonchev–Trinajstić information content (AvgIpc) is 3.40. The predicted molar refractivity (Wildman–Crippen MR) is 133 cm³/mol. The third kappa shape index (κ3) is 4.54. The molecule has 11 heteroatoms. The SMILES string of the molecule is COc1ccc2nc(-n3nc(C)cc3NC(=O)c3ccc(S(=O)(=O)N(C)C(C)C)cc3)sc2c1. The van der Waals surface area contributed by atoms with Crippen molar-refractivity contribution >= 4 is 43.3 Å². The van der Waals surface area contributed by atoms with Crippen molar-refractivity contribution in [3.63, 3.8) is 0 Å². The summed E-state index contributed by atoms with van der Waals surface area (Å²) in [4.78, 5) is 17.7. The van der Waals surface area contributed by atoms with Crippen LogP contribution in [-0.2, 0) is 10.0 Å². The van der Waals surface area contributed by atoms with Gasteiger partial charge in [0.05, 0.1) is 27.9 Å². The van der Waals surface area contributed by atoms with E-state index in [1.165, 1.54) is 47.0 Å². The van der Waals surface area contributed by atoms with Gasteiger partial charge in [-0.1, -0.05) is 11.3 Å². The number of hydrogen-bond acceptors (Lipinski definition) is 7. The molecule has 0 spiro atoms.